The maximum absolute atomic E-state index is 12.5. The second-order valence-corrected chi connectivity index (χ2v) is 6.00. The number of nitrogens with one attached hydrogen (secondary N) is 1. The molecule has 2 aromatic rings. The molecule has 0 saturated heterocycles. The number of aromatic nitrogens is 1. The van der Waals surface area contributed by atoms with Crippen LogP contribution in [0.5, 0.6) is 0 Å². The largest absolute Gasteiger partial charge is 0.359 e. The Bertz CT molecular complexity index is 716. The van der Waals surface area contributed by atoms with Crippen molar-refractivity contribution in [2.45, 2.75) is 6.92 Å². The van der Waals surface area contributed by atoms with Crippen molar-refractivity contribution >= 4 is 23.3 Å². The Kier molecular flexibility index (Phi) is 6.11. The summed E-state index contributed by atoms with van der Waals surface area (Å²) in [5.41, 5.74) is 1.52. The van der Waals surface area contributed by atoms with Gasteiger partial charge in [0.05, 0.1) is 11.5 Å². The molecule has 25 heavy (non-hydrogen) atoms. The lowest BCUT2D eigenvalue weighted by Gasteiger charge is -2.21. The zero-order valence-corrected chi connectivity index (χ0v) is 15.1. The minimum atomic E-state index is -0.268. The number of hydrogen-bond acceptors (Lipinski definition) is 4. The molecular weight excluding hydrogens is 316 g/mol. The Labute approximate surface area is 148 Å². The predicted molar refractivity (Wildman–Crippen MR) is 98.9 cm³/mol. The number of benzene rings is 1. The highest BCUT2D eigenvalue weighted by Gasteiger charge is 2.19. The number of pyridine rings is 1. The van der Waals surface area contributed by atoms with Crippen molar-refractivity contribution in [3.8, 4) is 0 Å². The third-order valence-electron chi connectivity index (χ3n) is 4.07. The first-order valence-electron chi connectivity index (χ1n) is 8.16. The Morgan fingerprint density at radius 1 is 1.12 bits per heavy atom. The highest BCUT2D eigenvalue weighted by Crippen LogP contribution is 2.21. The van der Waals surface area contributed by atoms with Gasteiger partial charge in [0.1, 0.15) is 5.82 Å². The number of rotatable bonds is 6. The zero-order chi connectivity index (χ0) is 18.4. The van der Waals surface area contributed by atoms with Crippen molar-refractivity contribution in [3.05, 3.63) is 54.2 Å². The van der Waals surface area contributed by atoms with Crippen LogP contribution in [0, 0.1) is 5.92 Å². The Balaban J connectivity index is 2.06. The van der Waals surface area contributed by atoms with Crippen LogP contribution < -0.4 is 10.2 Å². The second kappa shape index (κ2) is 8.28. The standard InChI is InChI=1S/C19H24N4O2/c1-14(18(24)20-2)13-22(3)19(25)15-10-11-17(21-12-15)23(4)16-8-6-5-7-9-16/h5-12,14H,13H2,1-4H3,(H,20,24). The molecule has 0 saturated carbocycles. The molecule has 0 aliphatic carbocycles. The van der Waals surface area contributed by atoms with Gasteiger partial charge in [0.25, 0.3) is 5.91 Å². The van der Waals surface area contributed by atoms with Gasteiger partial charge in [-0.1, -0.05) is 25.1 Å². The molecule has 0 fully saturated rings. The fourth-order valence-electron chi connectivity index (χ4n) is 2.54. The number of hydrogen-bond donors (Lipinski definition) is 1. The normalized spacial score (nSPS) is 11.5. The van der Waals surface area contributed by atoms with E-state index in [0.29, 0.717) is 12.1 Å². The summed E-state index contributed by atoms with van der Waals surface area (Å²) < 4.78 is 0. The Morgan fingerprint density at radius 3 is 2.36 bits per heavy atom. The topological polar surface area (TPSA) is 65.5 Å². The average Bonchev–Trinajstić information content (AvgIpc) is 2.66. The molecule has 6 heteroatoms. The van der Waals surface area contributed by atoms with E-state index >= 15 is 0 Å². The van der Waals surface area contributed by atoms with E-state index in [4.69, 9.17) is 0 Å². The third-order valence-corrected chi connectivity index (χ3v) is 4.07. The zero-order valence-electron chi connectivity index (χ0n) is 15.1. The molecule has 0 aliphatic rings. The molecular formula is C19H24N4O2. The molecule has 1 aromatic carbocycles. The van der Waals surface area contributed by atoms with Gasteiger partial charge in [-0.2, -0.15) is 0 Å². The molecule has 0 aliphatic heterocycles. The van der Waals surface area contributed by atoms with Gasteiger partial charge in [0.15, 0.2) is 0 Å². The van der Waals surface area contributed by atoms with Crippen LogP contribution in [0.1, 0.15) is 17.3 Å². The third kappa shape index (κ3) is 4.56. The van der Waals surface area contributed by atoms with Gasteiger partial charge in [-0.3, -0.25) is 9.59 Å². The molecule has 1 N–H and O–H groups in total. The van der Waals surface area contributed by atoms with E-state index in [1.54, 1.807) is 33.3 Å². The van der Waals surface area contributed by atoms with E-state index in [2.05, 4.69) is 10.3 Å². The van der Waals surface area contributed by atoms with Crippen LogP contribution in [0.2, 0.25) is 0 Å². The van der Waals surface area contributed by atoms with Gasteiger partial charge < -0.3 is 15.1 Å². The Morgan fingerprint density at radius 2 is 1.80 bits per heavy atom. The van der Waals surface area contributed by atoms with Crippen molar-refractivity contribution in [1.29, 1.82) is 0 Å². The van der Waals surface area contributed by atoms with E-state index in [1.165, 1.54) is 4.90 Å². The quantitative estimate of drug-likeness (QED) is 0.876. The van der Waals surface area contributed by atoms with Gasteiger partial charge in [0.2, 0.25) is 5.91 Å². The number of carbonyl (C=O) groups is 2. The summed E-state index contributed by atoms with van der Waals surface area (Å²) in [7, 11) is 5.20. The fraction of sp³-hybridized carbons (Fsp3) is 0.316. The average molecular weight is 340 g/mol. The van der Waals surface area contributed by atoms with E-state index in [-0.39, 0.29) is 17.7 Å². The summed E-state index contributed by atoms with van der Waals surface area (Å²) in [6.07, 6.45) is 1.57. The summed E-state index contributed by atoms with van der Waals surface area (Å²) in [5, 5.41) is 2.59. The molecule has 2 amide bonds. The van der Waals surface area contributed by atoms with Gasteiger partial charge >= 0.3 is 0 Å². The van der Waals surface area contributed by atoms with E-state index in [1.807, 2.05) is 48.3 Å². The van der Waals surface area contributed by atoms with Crippen LogP contribution in [0.4, 0.5) is 11.5 Å². The van der Waals surface area contributed by atoms with Gasteiger partial charge in [-0.15, -0.1) is 0 Å². The number of nitrogens with zero attached hydrogens (tertiary/aromatic N) is 3. The van der Waals surface area contributed by atoms with Crippen molar-refractivity contribution < 1.29 is 9.59 Å². The predicted octanol–water partition coefficient (Wildman–Crippen LogP) is 2.30. The molecule has 0 radical (unpaired) electrons. The molecule has 1 atom stereocenters. The molecule has 1 heterocycles. The van der Waals surface area contributed by atoms with Crippen LogP contribution in [0.3, 0.4) is 0 Å². The minimum Gasteiger partial charge on any atom is -0.359 e. The van der Waals surface area contributed by atoms with Crippen molar-refractivity contribution in [3.63, 3.8) is 0 Å². The monoisotopic (exact) mass is 340 g/mol. The van der Waals surface area contributed by atoms with Gasteiger partial charge in [-0.05, 0) is 24.3 Å². The van der Waals surface area contributed by atoms with Crippen LogP contribution in [0.15, 0.2) is 48.7 Å². The first-order chi connectivity index (χ1) is 11.9. The molecule has 2 rings (SSSR count). The molecule has 1 aromatic heterocycles. The molecule has 132 valence electrons. The summed E-state index contributed by atoms with van der Waals surface area (Å²) in [4.78, 5) is 32.0. The van der Waals surface area contributed by atoms with E-state index in [9.17, 15) is 9.59 Å². The highest BCUT2D eigenvalue weighted by atomic mass is 16.2. The molecule has 0 spiro atoms. The SMILES string of the molecule is CNC(=O)C(C)CN(C)C(=O)c1ccc(N(C)c2ccccc2)nc1. The maximum Gasteiger partial charge on any atom is 0.255 e. The lowest BCUT2D eigenvalue weighted by atomic mass is 10.1. The summed E-state index contributed by atoms with van der Waals surface area (Å²) in [6.45, 7) is 2.14. The van der Waals surface area contributed by atoms with Crippen molar-refractivity contribution in [2.75, 3.05) is 32.6 Å². The first kappa shape index (κ1) is 18.4. The summed E-state index contributed by atoms with van der Waals surface area (Å²) >= 11 is 0. The molecule has 0 bridgehead atoms. The van der Waals surface area contributed by atoms with E-state index < -0.39 is 0 Å². The van der Waals surface area contributed by atoms with Crippen LogP contribution in [0.25, 0.3) is 0 Å². The van der Waals surface area contributed by atoms with Gasteiger partial charge in [-0.25, -0.2) is 4.98 Å². The highest BCUT2D eigenvalue weighted by molar-refractivity contribution is 5.94. The molecule has 6 nitrogen and oxygen atoms in total. The number of anilines is 2. The van der Waals surface area contributed by atoms with Crippen LogP contribution in [-0.2, 0) is 4.79 Å². The molecule has 1 unspecified atom stereocenters. The van der Waals surface area contributed by atoms with Crippen LogP contribution in [-0.4, -0.2) is 49.4 Å². The van der Waals surface area contributed by atoms with Crippen molar-refractivity contribution in [1.82, 2.24) is 15.2 Å². The lowest BCUT2D eigenvalue weighted by Crippen LogP contribution is -2.37. The number of amides is 2. The Hall–Kier alpha value is -2.89. The maximum atomic E-state index is 12.5. The van der Waals surface area contributed by atoms with E-state index in [0.717, 1.165) is 11.5 Å². The van der Waals surface area contributed by atoms with Gasteiger partial charge in [0, 0.05) is 39.6 Å². The minimum absolute atomic E-state index is 0.0855. The number of carbonyl (C=O) groups excluding carboxylic acids is 2. The van der Waals surface area contributed by atoms with Crippen molar-refractivity contribution in [2.24, 2.45) is 5.92 Å². The fourth-order valence-corrected chi connectivity index (χ4v) is 2.54. The summed E-state index contributed by atoms with van der Waals surface area (Å²) in [6, 6.07) is 13.4. The first-order valence-corrected chi connectivity index (χ1v) is 8.16. The smallest absolute Gasteiger partial charge is 0.255 e. The number of para-hydroxylation sites is 1. The van der Waals surface area contributed by atoms with Crippen LogP contribution >= 0.6 is 0 Å². The second-order valence-electron chi connectivity index (χ2n) is 6.00. The summed E-state index contributed by atoms with van der Waals surface area (Å²) in [5.74, 6) is 0.245. The lowest BCUT2D eigenvalue weighted by molar-refractivity contribution is -0.124.